The number of allylic oxidation sites excluding steroid dienone is 1. The van der Waals surface area contributed by atoms with Gasteiger partial charge in [0, 0.05) is 0 Å². The molecule has 1 saturated carbocycles. The molecule has 2 fully saturated rings. The molecule has 1 aliphatic carbocycles. The molecule has 1 heterocycles. The lowest BCUT2D eigenvalue weighted by Gasteiger charge is -2.43. The number of hydrogen-bond donors (Lipinski definition) is 1. The predicted octanol–water partition coefficient (Wildman–Crippen LogP) is 1.45. The van der Waals surface area contributed by atoms with E-state index < -0.39 is 0 Å². The van der Waals surface area contributed by atoms with Gasteiger partial charge in [0.2, 0.25) is 0 Å². The van der Waals surface area contributed by atoms with Crippen LogP contribution in [-0.4, -0.2) is 18.2 Å². The molecule has 0 atom stereocenters. The molecule has 0 unspecified atom stereocenters. The molecule has 3 heteroatoms. The van der Waals surface area contributed by atoms with Crippen LogP contribution in [0.15, 0.2) is 12.2 Å². The van der Waals surface area contributed by atoms with Gasteiger partial charge >= 0.3 is 6.09 Å². The Labute approximate surface area is 71.8 Å². The minimum atomic E-state index is -0.268. The van der Waals surface area contributed by atoms with Crippen LogP contribution in [0.5, 0.6) is 0 Å². The first-order valence-corrected chi connectivity index (χ1v) is 4.22. The fraction of sp³-hybridized carbons (Fsp3) is 0.667. The van der Waals surface area contributed by atoms with Crippen molar-refractivity contribution in [1.29, 1.82) is 0 Å². The van der Waals surface area contributed by atoms with Gasteiger partial charge in [-0.15, -0.1) is 0 Å². The van der Waals surface area contributed by atoms with Gasteiger partial charge in [0.15, 0.2) is 0 Å². The minimum absolute atomic E-state index is 0.0410. The van der Waals surface area contributed by atoms with Gasteiger partial charge in [-0.2, -0.15) is 0 Å². The minimum Gasteiger partial charge on any atom is -0.447 e. The second-order valence-corrected chi connectivity index (χ2v) is 3.93. The second kappa shape index (κ2) is 2.25. The number of carbonyl (C=O) groups is 1. The molecule has 2 rings (SSSR count). The van der Waals surface area contributed by atoms with Crippen LogP contribution in [0.2, 0.25) is 0 Å². The number of cyclic esters (lactones) is 1. The number of hydrogen-bond acceptors (Lipinski definition) is 2. The molecule has 0 aromatic rings. The molecule has 1 amide bonds. The molecule has 66 valence electrons. The summed E-state index contributed by atoms with van der Waals surface area (Å²) in [6.45, 7) is 6.47. The van der Waals surface area contributed by atoms with Crippen LogP contribution < -0.4 is 5.32 Å². The van der Waals surface area contributed by atoms with Gasteiger partial charge < -0.3 is 10.1 Å². The maximum absolute atomic E-state index is 10.8. The summed E-state index contributed by atoms with van der Waals surface area (Å²) in [6, 6.07) is 0. The van der Waals surface area contributed by atoms with Crippen molar-refractivity contribution >= 4 is 6.09 Å². The lowest BCUT2D eigenvalue weighted by molar-refractivity contribution is 0.121. The first-order valence-electron chi connectivity index (χ1n) is 4.22. The van der Waals surface area contributed by atoms with Crippen LogP contribution in [-0.2, 0) is 4.74 Å². The van der Waals surface area contributed by atoms with Crippen molar-refractivity contribution < 1.29 is 9.53 Å². The van der Waals surface area contributed by atoms with E-state index in [2.05, 4.69) is 11.9 Å². The lowest BCUT2D eigenvalue weighted by Crippen LogP contribution is -2.54. The van der Waals surface area contributed by atoms with Gasteiger partial charge in [-0.05, 0) is 25.7 Å². The predicted molar refractivity (Wildman–Crippen MR) is 44.8 cm³/mol. The van der Waals surface area contributed by atoms with Crippen LogP contribution in [0.1, 0.15) is 19.8 Å². The molecule has 2 aliphatic rings. The molecule has 1 N–H and O–H groups in total. The Balaban J connectivity index is 1.95. The number of ether oxygens (including phenoxy) is 1. The third kappa shape index (κ3) is 1.00. The molecule has 0 aromatic heterocycles. The van der Waals surface area contributed by atoms with Gasteiger partial charge in [0.05, 0.1) is 5.54 Å². The van der Waals surface area contributed by atoms with Crippen molar-refractivity contribution in [1.82, 2.24) is 5.32 Å². The second-order valence-electron chi connectivity index (χ2n) is 3.93. The van der Waals surface area contributed by atoms with Gasteiger partial charge in [0.1, 0.15) is 6.61 Å². The van der Waals surface area contributed by atoms with E-state index in [4.69, 9.17) is 4.74 Å². The third-order valence-corrected chi connectivity index (χ3v) is 2.82. The van der Waals surface area contributed by atoms with Crippen molar-refractivity contribution in [2.45, 2.75) is 25.3 Å². The van der Waals surface area contributed by atoms with Gasteiger partial charge in [-0.1, -0.05) is 12.2 Å². The molecule has 0 radical (unpaired) electrons. The van der Waals surface area contributed by atoms with Crippen LogP contribution >= 0.6 is 0 Å². The lowest BCUT2D eigenvalue weighted by atomic mass is 9.66. The molecule has 3 nitrogen and oxygen atoms in total. The summed E-state index contributed by atoms with van der Waals surface area (Å²) in [5.41, 5.74) is 1.17. The highest BCUT2D eigenvalue weighted by molar-refractivity contribution is 5.71. The number of nitrogens with one attached hydrogen (secondary N) is 1. The van der Waals surface area contributed by atoms with E-state index in [1.165, 1.54) is 5.57 Å². The number of alkyl carbamates (subject to hydrolysis) is 1. The monoisotopic (exact) mass is 167 g/mol. The average Bonchev–Trinajstić information content (AvgIpc) is 2.27. The van der Waals surface area contributed by atoms with Gasteiger partial charge in [-0.3, -0.25) is 0 Å². The standard InChI is InChI=1S/C9H13NO2/c1-6(2)7-3-9(4-7)5-12-8(11)10-9/h7H,1,3-5H2,2H3,(H,10,11). The number of rotatable bonds is 1. The molecule has 1 saturated heterocycles. The van der Waals surface area contributed by atoms with Crippen molar-refractivity contribution in [2.24, 2.45) is 5.92 Å². The van der Waals surface area contributed by atoms with Crippen LogP contribution in [0.4, 0.5) is 4.79 Å². The van der Waals surface area contributed by atoms with E-state index in [9.17, 15) is 4.79 Å². The summed E-state index contributed by atoms with van der Waals surface area (Å²) < 4.78 is 4.86. The van der Waals surface area contributed by atoms with Crippen LogP contribution in [0, 0.1) is 5.92 Å². The summed E-state index contributed by atoms with van der Waals surface area (Å²) in [4.78, 5) is 10.8. The Morgan fingerprint density at radius 1 is 1.75 bits per heavy atom. The Hall–Kier alpha value is -0.990. The van der Waals surface area contributed by atoms with E-state index >= 15 is 0 Å². The van der Waals surface area contributed by atoms with Crippen molar-refractivity contribution in [3.05, 3.63) is 12.2 Å². The smallest absolute Gasteiger partial charge is 0.407 e. The zero-order valence-corrected chi connectivity index (χ0v) is 7.22. The highest BCUT2D eigenvalue weighted by Crippen LogP contribution is 2.43. The highest BCUT2D eigenvalue weighted by atomic mass is 16.6. The van der Waals surface area contributed by atoms with Crippen molar-refractivity contribution in [2.75, 3.05) is 6.61 Å². The zero-order chi connectivity index (χ0) is 8.77. The van der Waals surface area contributed by atoms with E-state index in [0.29, 0.717) is 12.5 Å². The Morgan fingerprint density at radius 3 is 2.83 bits per heavy atom. The average molecular weight is 167 g/mol. The maximum Gasteiger partial charge on any atom is 0.407 e. The summed E-state index contributed by atoms with van der Waals surface area (Å²) >= 11 is 0. The van der Waals surface area contributed by atoms with Crippen LogP contribution in [0.25, 0.3) is 0 Å². The third-order valence-electron chi connectivity index (χ3n) is 2.82. The zero-order valence-electron chi connectivity index (χ0n) is 7.22. The normalized spacial score (nSPS) is 38.8. The molecular formula is C9H13NO2. The number of carbonyl (C=O) groups excluding carboxylic acids is 1. The first kappa shape index (κ1) is 7.65. The molecule has 1 spiro atoms. The molecule has 1 aliphatic heterocycles. The fourth-order valence-electron chi connectivity index (χ4n) is 1.94. The summed E-state index contributed by atoms with van der Waals surface area (Å²) in [5.74, 6) is 0.576. The van der Waals surface area contributed by atoms with E-state index in [0.717, 1.165) is 12.8 Å². The Morgan fingerprint density at radius 2 is 2.42 bits per heavy atom. The van der Waals surface area contributed by atoms with E-state index in [1.54, 1.807) is 0 Å². The van der Waals surface area contributed by atoms with E-state index in [-0.39, 0.29) is 11.6 Å². The SMILES string of the molecule is C=C(C)C1CC2(COC(=O)N2)C1. The molecule has 0 aromatic carbocycles. The highest BCUT2D eigenvalue weighted by Gasteiger charge is 2.50. The Kier molecular flexibility index (Phi) is 1.43. The molecule has 12 heavy (non-hydrogen) atoms. The summed E-state index contributed by atoms with van der Waals surface area (Å²) in [5, 5.41) is 2.85. The fourth-order valence-corrected chi connectivity index (χ4v) is 1.94. The quantitative estimate of drug-likeness (QED) is 0.600. The van der Waals surface area contributed by atoms with Gasteiger partial charge in [0.25, 0.3) is 0 Å². The van der Waals surface area contributed by atoms with Crippen molar-refractivity contribution in [3.63, 3.8) is 0 Å². The topological polar surface area (TPSA) is 38.3 Å². The summed E-state index contributed by atoms with van der Waals surface area (Å²) in [7, 11) is 0. The molecular weight excluding hydrogens is 154 g/mol. The summed E-state index contributed by atoms with van der Waals surface area (Å²) in [6.07, 6.45) is 1.72. The van der Waals surface area contributed by atoms with Crippen LogP contribution in [0.3, 0.4) is 0 Å². The first-order chi connectivity index (χ1) is 5.61. The Bertz CT molecular complexity index is 241. The van der Waals surface area contributed by atoms with Crippen molar-refractivity contribution in [3.8, 4) is 0 Å². The number of amides is 1. The maximum atomic E-state index is 10.8. The van der Waals surface area contributed by atoms with Gasteiger partial charge in [-0.25, -0.2) is 4.79 Å². The van der Waals surface area contributed by atoms with E-state index in [1.807, 2.05) is 6.92 Å². The molecule has 0 bridgehead atoms. The largest absolute Gasteiger partial charge is 0.447 e.